The van der Waals surface area contributed by atoms with E-state index in [0.29, 0.717) is 29.8 Å². The van der Waals surface area contributed by atoms with Gasteiger partial charge in [0.15, 0.2) is 5.13 Å². The molecule has 120 valence electrons. The highest BCUT2D eigenvalue weighted by molar-refractivity contribution is 7.17. The van der Waals surface area contributed by atoms with Crippen molar-refractivity contribution in [3.05, 3.63) is 10.6 Å². The van der Waals surface area contributed by atoms with Crippen molar-refractivity contribution in [1.82, 2.24) is 9.88 Å². The zero-order valence-electron chi connectivity index (χ0n) is 12.7. The Morgan fingerprint density at radius 1 is 1.32 bits per heavy atom. The third kappa shape index (κ3) is 2.95. The monoisotopic (exact) mass is 323 g/mol. The molecule has 1 N–H and O–H groups in total. The Hall–Kier alpha value is -1.63. The predicted molar refractivity (Wildman–Crippen MR) is 84.7 cm³/mol. The molecular formula is C15H21N3O3S. The number of carbonyl (C=O) groups is 2. The van der Waals surface area contributed by atoms with Crippen molar-refractivity contribution in [1.29, 1.82) is 0 Å². The maximum absolute atomic E-state index is 12.5. The number of hydrogen-bond acceptors (Lipinski definition) is 4. The number of anilines is 1. The highest BCUT2D eigenvalue weighted by Crippen LogP contribution is 2.30. The Morgan fingerprint density at radius 2 is 2.05 bits per heavy atom. The van der Waals surface area contributed by atoms with Gasteiger partial charge in [0.25, 0.3) is 0 Å². The maximum atomic E-state index is 12.5. The normalized spacial score (nSPS) is 20.0. The summed E-state index contributed by atoms with van der Waals surface area (Å²) >= 11 is 1.08. The molecule has 2 aliphatic rings. The molecule has 22 heavy (non-hydrogen) atoms. The summed E-state index contributed by atoms with van der Waals surface area (Å²) in [5.74, 6) is -0.364. The fourth-order valence-electron chi connectivity index (χ4n) is 3.31. The standard InChI is InChI=1S/C15H21N3O3S/c1-10-12(13(19)20)22-14(16-10)18-8-7-17(15(18)21)9-11-5-3-2-4-6-11/h11H,2-9H2,1H3,(H,19,20). The molecule has 3 rings (SSSR count). The van der Waals surface area contributed by atoms with Gasteiger partial charge in [0, 0.05) is 19.6 Å². The number of nitrogens with zero attached hydrogens (tertiary/aromatic N) is 3. The fraction of sp³-hybridized carbons (Fsp3) is 0.667. The van der Waals surface area contributed by atoms with E-state index in [-0.39, 0.29) is 10.9 Å². The van der Waals surface area contributed by atoms with Crippen LogP contribution in [0.3, 0.4) is 0 Å². The molecule has 7 heteroatoms. The van der Waals surface area contributed by atoms with Crippen LogP contribution in [0.2, 0.25) is 0 Å². The van der Waals surface area contributed by atoms with Crippen LogP contribution in [0.15, 0.2) is 0 Å². The lowest BCUT2D eigenvalue weighted by molar-refractivity contribution is 0.0701. The van der Waals surface area contributed by atoms with E-state index in [1.165, 1.54) is 32.1 Å². The van der Waals surface area contributed by atoms with Crippen molar-refractivity contribution in [3.8, 4) is 0 Å². The number of carboxylic acid groups (broad SMARTS) is 1. The number of urea groups is 1. The summed E-state index contributed by atoms with van der Waals surface area (Å²) < 4.78 is 0. The Labute approximate surface area is 133 Å². The molecule has 0 radical (unpaired) electrons. The van der Waals surface area contributed by atoms with E-state index in [2.05, 4.69) is 4.98 Å². The topological polar surface area (TPSA) is 73.7 Å². The van der Waals surface area contributed by atoms with Crippen molar-refractivity contribution in [3.63, 3.8) is 0 Å². The molecule has 6 nitrogen and oxygen atoms in total. The number of aryl methyl sites for hydroxylation is 1. The average Bonchev–Trinajstić information content (AvgIpc) is 3.04. The number of aromatic nitrogens is 1. The first kappa shape index (κ1) is 15.3. The van der Waals surface area contributed by atoms with Crippen LogP contribution in [0.5, 0.6) is 0 Å². The number of carbonyl (C=O) groups excluding carboxylic acids is 1. The smallest absolute Gasteiger partial charge is 0.347 e. The summed E-state index contributed by atoms with van der Waals surface area (Å²) in [6.07, 6.45) is 6.27. The van der Waals surface area contributed by atoms with Crippen LogP contribution in [-0.2, 0) is 0 Å². The van der Waals surface area contributed by atoms with Gasteiger partial charge in [0.1, 0.15) is 4.88 Å². The van der Waals surface area contributed by atoms with Gasteiger partial charge in [-0.1, -0.05) is 30.6 Å². The molecule has 0 spiro atoms. The number of hydrogen-bond donors (Lipinski definition) is 1. The summed E-state index contributed by atoms with van der Waals surface area (Å²) in [6, 6.07) is -0.0312. The minimum atomic E-state index is -0.980. The van der Waals surface area contributed by atoms with Gasteiger partial charge in [-0.15, -0.1) is 0 Å². The molecule has 1 aromatic heterocycles. The van der Waals surface area contributed by atoms with Crippen molar-refractivity contribution in [2.45, 2.75) is 39.0 Å². The summed E-state index contributed by atoms with van der Waals surface area (Å²) in [7, 11) is 0. The molecule has 0 bridgehead atoms. The molecular weight excluding hydrogens is 302 g/mol. The minimum absolute atomic E-state index is 0.0312. The molecule has 2 amide bonds. The van der Waals surface area contributed by atoms with Crippen LogP contribution in [0.4, 0.5) is 9.93 Å². The summed E-state index contributed by atoms with van der Waals surface area (Å²) in [5.41, 5.74) is 0.478. The van der Waals surface area contributed by atoms with Crippen LogP contribution in [-0.4, -0.2) is 46.6 Å². The highest BCUT2D eigenvalue weighted by Gasteiger charge is 2.33. The molecule has 1 aromatic rings. The molecule has 0 unspecified atom stereocenters. The van der Waals surface area contributed by atoms with Crippen molar-refractivity contribution in [2.24, 2.45) is 5.92 Å². The first-order valence-corrected chi connectivity index (χ1v) is 8.65. The van der Waals surface area contributed by atoms with E-state index in [9.17, 15) is 9.59 Å². The molecule has 1 aliphatic carbocycles. The quantitative estimate of drug-likeness (QED) is 0.924. The highest BCUT2D eigenvalue weighted by atomic mass is 32.1. The summed E-state index contributed by atoms with van der Waals surface area (Å²) in [5, 5.41) is 9.62. The third-order valence-corrected chi connectivity index (χ3v) is 5.68. The second-order valence-corrected chi connectivity index (χ2v) is 7.08. The lowest BCUT2D eigenvalue weighted by Gasteiger charge is -2.26. The van der Waals surface area contributed by atoms with Crippen molar-refractivity contribution in [2.75, 3.05) is 24.5 Å². The number of aromatic carboxylic acids is 1. The Kier molecular flexibility index (Phi) is 4.33. The van der Waals surface area contributed by atoms with Crippen LogP contribution >= 0.6 is 11.3 Å². The molecule has 2 heterocycles. The Morgan fingerprint density at radius 3 is 2.68 bits per heavy atom. The van der Waals surface area contributed by atoms with Crippen molar-refractivity contribution >= 4 is 28.5 Å². The number of rotatable bonds is 4. The van der Waals surface area contributed by atoms with Crippen LogP contribution in [0.25, 0.3) is 0 Å². The number of amides is 2. The molecule has 1 saturated carbocycles. The molecule has 0 atom stereocenters. The zero-order chi connectivity index (χ0) is 15.7. The van der Waals surface area contributed by atoms with E-state index >= 15 is 0 Å². The van der Waals surface area contributed by atoms with Gasteiger partial charge in [-0.3, -0.25) is 4.90 Å². The van der Waals surface area contributed by atoms with Crippen LogP contribution < -0.4 is 4.90 Å². The van der Waals surface area contributed by atoms with Gasteiger partial charge in [0.2, 0.25) is 0 Å². The third-order valence-electron chi connectivity index (χ3n) is 4.51. The van der Waals surface area contributed by atoms with Gasteiger partial charge >= 0.3 is 12.0 Å². The lowest BCUT2D eigenvalue weighted by Crippen LogP contribution is -2.35. The Balaban J connectivity index is 1.68. The fourth-order valence-corrected chi connectivity index (χ4v) is 4.23. The molecule has 2 fully saturated rings. The predicted octanol–water partition coefficient (Wildman–Crippen LogP) is 2.97. The van der Waals surface area contributed by atoms with Gasteiger partial charge in [-0.2, -0.15) is 0 Å². The van der Waals surface area contributed by atoms with E-state index in [1.807, 2.05) is 4.90 Å². The maximum Gasteiger partial charge on any atom is 0.347 e. The first-order chi connectivity index (χ1) is 10.6. The summed E-state index contributed by atoms with van der Waals surface area (Å²) in [6.45, 7) is 3.79. The van der Waals surface area contributed by atoms with Gasteiger partial charge < -0.3 is 10.0 Å². The van der Waals surface area contributed by atoms with E-state index in [0.717, 1.165) is 17.9 Å². The zero-order valence-corrected chi connectivity index (χ0v) is 13.6. The molecule has 1 saturated heterocycles. The van der Waals surface area contributed by atoms with E-state index < -0.39 is 5.97 Å². The minimum Gasteiger partial charge on any atom is -0.477 e. The van der Waals surface area contributed by atoms with Crippen LogP contribution in [0, 0.1) is 12.8 Å². The second-order valence-electron chi connectivity index (χ2n) is 6.10. The van der Waals surface area contributed by atoms with E-state index in [4.69, 9.17) is 5.11 Å². The van der Waals surface area contributed by atoms with E-state index in [1.54, 1.807) is 11.8 Å². The number of thiazole rings is 1. The largest absolute Gasteiger partial charge is 0.477 e. The van der Waals surface area contributed by atoms with Gasteiger partial charge in [0.05, 0.1) is 5.69 Å². The lowest BCUT2D eigenvalue weighted by atomic mass is 9.89. The number of carboxylic acids is 1. The Bertz CT molecular complexity index is 581. The van der Waals surface area contributed by atoms with Gasteiger partial charge in [-0.05, 0) is 25.7 Å². The first-order valence-electron chi connectivity index (χ1n) is 7.83. The van der Waals surface area contributed by atoms with Crippen LogP contribution in [0.1, 0.15) is 47.5 Å². The van der Waals surface area contributed by atoms with Gasteiger partial charge in [-0.25, -0.2) is 14.6 Å². The van der Waals surface area contributed by atoms with Crippen molar-refractivity contribution < 1.29 is 14.7 Å². The second kappa shape index (κ2) is 6.24. The summed E-state index contributed by atoms with van der Waals surface area (Å²) in [4.78, 5) is 31.6. The molecule has 0 aromatic carbocycles. The SMILES string of the molecule is Cc1nc(N2CCN(CC3CCCCC3)C2=O)sc1C(=O)O. The average molecular weight is 323 g/mol. The molecule has 1 aliphatic heterocycles.